The van der Waals surface area contributed by atoms with Gasteiger partial charge >= 0.3 is 0 Å². The summed E-state index contributed by atoms with van der Waals surface area (Å²) in [6.07, 6.45) is 1.49. The van der Waals surface area contributed by atoms with E-state index in [1.807, 2.05) is 0 Å². The molecule has 1 aliphatic rings. The molecule has 0 radical (unpaired) electrons. The standard InChI is InChI=1S/C18H12FNO2S2/c1-11(21)12-6-4-7-14(9-12)20-17(22)16(24-18(20)23)10-13-5-2-3-8-15(13)19/h2-10H,1H3/b16-10-. The maximum Gasteiger partial charge on any atom is 0.270 e. The maximum absolute atomic E-state index is 13.8. The number of benzene rings is 2. The molecule has 1 amide bonds. The van der Waals surface area contributed by atoms with Crippen LogP contribution < -0.4 is 4.90 Å². The number of Topliss-reactive ketones (excluding diaryl/α,β-unsaturated/α-hetero) is 1. The highest BCUT2D eigenvalue weighted by molar-refractivity contribution is 8.27. The van der Waals surface area contributed by atoms with Gasteiger partial charge in [0, 0.05) is 11.1 Å². The van der Waals surface area contributed by atoms with Crippen LogP contribution in [0.2, 0.25) is 0 Å². The molecule has 120 valence electrons. The highest BCUT2D eigenvalue weighted by Crippen LogP contribution is 2.36. The first kappa shape index (κ1) is 16.5. The molecule has 2 aromatic rings. The molecule has 3 rings (SSSR count). The van der Waals surface area contributed by atoms with E-state index in [1.165, 1.54) is 24.0 Å². The lowest BCUT2D eigenvalue weighted by molar-refractivity contribution is -0.113. The van der Waals surface area contributed by atoms with E-state index < -0.39 is 5.82 Å². The van der Waals surface area contributed by atoms with Crippen LogP contribution >= 0.6 is 24.0 Å². The number of anilines is 1. The van der Waals surface area contributed by atoms with Gasteiger partial charge in [-0.25, -0.2) is 4.39 Å². The molecule has 1 heterocycles. The number of halogens is 1. The zero-order chi connectivity index (χ0) is 17.3. The normalized spacial score (nSPS) is 16.1. The maximum atomic E-state index is 13.8. The SMILES string of the molecule is CC(=O)c1cccc(N2C(=O)/C(=C/c3ccccc3F)SC2=S)c1. The molecule has 0 unspecified atom stereocenters. The summed E-state index contributed by atoms with van der Waals surface area (Å²) in [6.45, 7) is 1.46. The largest absolute Gasteiger partial charge is 0.295 e. The highest BCUT2D eigenvalue weighted by Gasteiger charge is 2.33. The summed E-state index contributed by atoms with van der Waals surface area (Å²) in [5, 5.41) is 0. The van der Waals surface area contributed by atoms with Gasteiger partial charge in [0.1, 0.15) is 5.82 Å². The lowest BCUT2D eigenvalue weighted by Gasteiger charge is -2.15. The Labute approximate surface area is 148 Å². The minimum Gasteiger partial charge on any atom is -0.295 e. The van der Waals surface area contributed by atoms with E-state index in [0.717, 1.165) is 11.8 Å². The molecule has 0 saturated carbocycles. The summed E-state index contributed by atoms with van der Waals surface area (Å²) in [7, 11) is 0. The number of ketones is 1. The minimum absolute atomic E-state index is 0.0933. The van der Waals surface area contributed by atoms with Crippen LogP contribution in [0.3, 0.4) is 0 Å². The van der Waals surface area contributed by atoms with Gasteiger partial charge in [0.2, 0.25) is 0 Å². The molecule has 0 aromatic heterocycles. The molecule has 3 nitrogen and oxygen atoms in total. The van der Waals surface area contributed by atoms with E-state index in [1.54, 1.807) is 42.5 Å². The summed E-state index contributed by atoms with van der Waals surface area (Å²) in [5.41, 5.74) is 1.36. The Morgan fingerprint density at radius 3 is 2.67 bits per heavy atom. The fraction of sp³-hybridized carbons (Fsp3) is 0.0556. The average Bonchev–Trinajstić information content (AvgIpc) is 2.83. The van der Waals surface area contributed by atoms with Crippen LogP contribution in [0.15, 0.2) is 53.4 Å². The third-order valence-corrected chi connectivity index (χ3v) is 4.80. The molecule has 2 aromatic carbocycles. The summed E-state index contributed by atoms with van der Waals surface area (Å²) >= 11 is 6.39. The number of nitrogens with zero attached hydrogens (tertiary/aromatic N) is 1. The van der Waals surface area contributed by atoms with Gasteiger partial charge < -0.3 is 0 Å². The molecular weight excluding hydrogens is 345 g/mol. The van der Waals surface area contributed by atoms with Gasteiger partial charge in [0.25, 0.3) is 5.91 Å². The zero-order valence-corrected chi connectivity index (χ0v) is 14.3. The number of carbonyl (C=O) groups excluding carboxylic acids is 2. The van der Waals surface area contributed by atoms with E-state index in [9.17, 15) is 14.0 Å². The lowest BCUT2D eigenvalue weighted by Crippen LogP contribution is -2.27. The van der Waals surface area contributed by atoms with Crippen molar-refractivity contribution in [2.75, 3.05) is 4.90 Å². The van der Waals surface area contributed by atoms with Crippen LogP contribution in [-0.2, 0) is 4.79 Å². The van der Waals surface area contributed by atoms with Crippen molar-refractivity contribution >= 4 is 51.8 Å². The summed E-state index contributed by atoms with van der Waals surface area (Å²) in [6, 6.07) is 12.9. The molecule has 0 atom stereocenters. The topological polar surface area (TPSA) is 37.4 Å². The zero-order valence-electron chi connectivity index (χ0n) is 12.7. The van der Waals surface area contributed by atoms with Crippen molar-refractivity contribution in [3.63, 3.8) is 0 Å². The first-order valence-electron chi connectivity index (χ1n) is 7.11. The number of hydrogen-bond acceptors (Lipinski definition) is 4. The van der Waals surface area contributed by atoms with E-state index >= 15 is 0 Å². The van der Waals surface area contributed by atoms with Crippen molar-refractivity contribution in [1.29, 1.82) is 0 Å². The third-order valence-electron chi connectivity index (χ3n) is 3.50. The lowest BCUT2D eigenvalue weighted by atomic mass is 10.1. The second kappa shape index (κ2) is 6.67. The summed E-state index contributed by atoms with van der Waals surface area (Å²) in [4.78, 5) is 25.9. The Bertz CT molecular complexity index is 892. The first-order chi connectivity index (χ1) is 11.5. The number of thiocarbonyl (C=S) groups is 1. The Hall–Kier alpha value is -2.31. The second-order valence-electron chi connectivity index (χ2n) is 5.15. The van der Waals surface area contributed by atoms with Gasteiger partial charge in [-0.3, -0.25) is 14.5 Å². The minimum atomic E-state index is -0.402. The Morgan fingerprint density at radius 2 is 1.96 bits per heavy atom. The van der Waals surface area contributed by atoms with Crippen LogP contribution in [0.1, 0.15) is 22.8 Å². The van der Waals surface area contributed by atoms with Crippen molar-refractivity contribution in [2.24, 2.45) is 0 Å². The average molecular weight is 357 g/mol. The van der Waals surface area contributed by atoms with E-state index in [0.29, 0.717) is 26.0 Å². The Kier molecular flexibility index (Phi) is 4.59. The molecule has 0 spiro atoms. The molecule has 0 bridgehead atoms. The quantitative estimate of drug-likeness (QED) is 0.462. The number of amides is 1. The van der Waals surface area contributed by atoms with Crippen LogP contribution in [0.5, 0.6) is 0 Å². The van der Waals surface area contributed by atoms with Crippen molar-refractivity contribution < 1.29 is 14.0 Å². The van der Waals surface area contributed by atoms with Crippen LogP contribution in [0.4, 0.5) is 10.1 Å². The summed E-state index contributed by atoms with van der Waals surface area (Å²) < 4.78 is 14.1. The van der Waals surface area contributed by atoms with E-state index in [2.05, 4.69) is 0 Å². The monoisotopic (exact) mass is 357 g/mol. The molecule has 1 aliphatic heterocycles. The number of thioether (sulfide) groups is 1. The molecule has 6 heteroatoms. The number of rotatable bonds is 3. The highest BCUT2D eigenvalue weighted by atomic mass is 32.2. The third kappa shape index (κ3) is 3.16. The van der Waals surface area contributed by atoms with Gasteiger partial charge in [-0.2, -0.15) is 0 Å². The molecule has 0 N–H and O–H groups in total. The molecular formula is C18H12FNO2S2. The predicted molar refractivity (Wildman–Crippen MR) is 98.5 cm³/mol. The molecule has 1 fully saturated rings. The Morgan fingerprint density at radius 1 is 1.21 bits per heavy atom. The number of carbonyl (C=O) groups is 2. The fourth-order valence-electron chi connectivity index (χ4n) is 2.29. The van der Waals surface area contributed by atoms with Crippen molar-refractivity contribution in [3.8, 4) is 0 Å². The van der Waals surface area contributed by atoms with Crippen LogP contribution in [-0.4, -0.2) is 16.0 Å². The van der Waals surface area contributed by atoms with Gasteiger partial charge in [-0.05, 0) is 31.2 Å². The van der Waals surface area contributed by atoms with Gasteiger partial charge in [0.15, 0.2) is 10.1 Å². The fourth-order valence-corrected chi connectivity index (χ4v) is 3.58. The molecule has 1 saturated heterocycles. The van der Waals surface area contributed by atoms with Crippen molar-refractivity contribution in [2.45, 2.75) is 6.92 Å². The smallest absolute Gasteiger partial charge is 0.270 e. The molecule has 0 aliphatic carbocycles. The van der Waals surface area contributed by atoms with Crippen LogP contribution in [0.25, 0.3) is 6.08 Å². The van der Waals surface area contributed by atoms with Crippen LogP contribution in [0, 0.1) is 5.82 Å². The van der Waals surface area contributed by atoms with Gasteiger partial charge in [0.05, 0.1) is 10.6 Å². The second-order valence-corrected chi connectivity index (χ2v) is 6.82. The summed E-state index contributed by atoms with van der Waals surface area (Å²) in [5.74, 6) is -0.820. The van der Waals surface area contributed by atoms with Crippen molar-refractivity contribution in [3.05, 3.63) is 70.4 Å². The molecule has 24 heavy (non-hydrogen) atoms. The number of hydrogen-bond donors (Lipinski definition) is 0. The Balaban J connectivity index is 1.97. The van der Waals surface area contributed by atoms with Gasteiger partial charge in [-0.15, -0.1) is 0 Å². The van der Waals surface area contributed by atoms with E-state index in [-0.39, 0.29) is 11.7 Å². The van der Waals surface area contributed by atoms with Gasteiger partial charge in [-0.1, -0.05) is 54.3 Å². The van der Waals surface area contributed by atoms with E-state index in [4.69, 9.17) is 12.2 Å². The van der Waals surface area contributed by atoms with Crippen molar-refractivity contribution in [1.82, 2.24) is 0 Å². The predicted octanol–water partition coefficient (Wildman–Crippen LogP) is 4.43. The first-order valence-corrected chi connectivity index (χ1v) is 8.33.